The number of aryl methyl sites for hydroxylation is 1. The molecule has 7 nitrogen and oxygen atoms in total. The average Bonchev–Trinajstić information content (AvgIpc) is 2.97. The molecule has 150 valence electrons. The summed E-state index contributed by atoms with van der Waals surface area (Å²) in [4.78, 5) is 25.7. The van der Waals surface area contributed by atoms with E-state index in [0.29, 0.717) is 19.4 Å². The molecule has 0 spiro atoms. The highest BCUT2D eigenvalue weighted by molar-refractivity contribution is 7.91. The second-order valence-corrected chi connectivity index (χ2v) is 9.14. The zero-order valence-corrected chi connectivity index (χ0v) is 16.8. The van der Waals surface area contributed by atoms with E-state index in [4.69, 9.17) is 9.47 Å². The van der Waals surface area contributed by atoms with E-state index >= 15 is 0 Å². The summed E-state index contributed by atoms with van der Waals surface area (Å²) >= 11 is 0. The Morgan fingerprint density at radius 1 is 1.33 bits per heavy atom. The van der Waals surface area contributed by atoms with Crippen molar-refractivity contribution in [3.8, 4) is 5.75 Å². The number of carbonyl (C=O) groups is 2. The van der Waals surface area contributed by atoms with E-state index in [0.717, 1.165) is 11.3 Å². The fourth-order valence-electron chi connectivity index (χ4n) is 2.97. The lowest BCUT2D eigenvalue weighted by Gasteiger charge is -2.26. The topological polar surface area (TPSA) is 90.0 Å². The minimum atomic E-state index is -3.08. The van der Waals surface area contributed by atoms with Gasteiger partial charge in [-0.25, -0.2) is 8.42 Å². The SMILES string of the molecule is Cc1cccc(OCCCC(=O)OC(C)C(=O)N(C)C2CCS(=O)(=O)C2)c1. The second-order valence-electron chi connectivity index (χ2n) is 6.91. The van der Waals surface area contributed by atoms with Gasteiger partial charge in [0.2, 0.25) is 0 Å². The van der Waals surface area contributed by atoms with E-state index < -0.39 is 21.9 Å². The van der Waals surface area contributed by atoms with Crippen LogP contribution in [0, 0.1) is 6.92 Å². The molecule has 1 aromatic rings. The maximum Gasteiger partial charge on any atom is 0.306 e. The Kier molecular flexibility index (Phi) is 7.24. The van der Waals surface area contributed by atoms with Crippen LogP contribution in [-0.4, -0.2) is 62.5 Å². The minimum absolute atomic E-state index is 0.0355. The van der Waals surface area contributed by atoms with Crippen molar-refractivity contribution < 1.29 is 27.5 Å². The van der Waals surface area contributed by atoms with Crippen molar-refractivity contribution in [2.24, 2.45) is 0 Å². The van der Waals surface area contributed by atoms with Crippen LogP contribution in [0.15, 0.2) is 24.3 Å². The van der Waals surface area contributed by atoms with Crippen molar-refractivity contribution >= 4 is 21.7 Å². The summed E-state index contributed by atoms with van der Waals surface area (Å²) < 4.78 is 33.9. The molecule has 1 saturated heterocycles. The number of amides is 1. The number of hydrogen-bond donors (Lipinski definition) is 0. The molecule has 1 aliphatic heterocycles. The van der Waals surface area contributed by atoms with Gasteiger partial charge >= 0.3 is 5.97 Å². The standard InChI is InChI=1S/C19H27NO6S/c1-14-6-4-7-17(12-14)25-10-5-8-18(21)26-15(2)19(22)20(3)16-9-11-27(23,24)13-16/h4,6-7,12,15-16H,5,8-11,13H2,1-3H3. The molecule has 1 heterocycles. The Morgan fingerprint density at radius 2 is 2.07 bits per heavy atom. The van der Waals surface area contributed by atoms with Crippen LogP contribution in [0.5, 0.6) is 5.75 Å². The molecule has 0 saturated carbocycles. The molecular weight excluding hydrogens is 370 g/mol. The van der Waals surface area contributed by atoms with Gasteiger partial charge < -0.3 is 14.4 Å². The number of carbonyl (C=O) groups excluding carboxylic acids is 2. The molecule has 0 bridgehead atoms. The van der Waals surface area contributed by atoms with Gasteiger partial charge in [-0.05, 0) is 44.4 Å². The Bertz CT molecular complexity index is 776. The summed E-state index contributed by atoms with van der Waals surface area (Å²) in [6.07, 6.45) is 0.0974. The quantitative estimate of drug-likeness (QED) is 0.490. The van der Waals surface area contributed by atoms with E-state index in [9.17, 15) is 18.0 Å². The Balaban J connectivity index is 1.70. The summed E-state index contributed by atoms with van der Waals surface area (Å²) in [6.45, 7) is 3.85. The smallest absolute Gasteiger partial charge is 0.306 e. The third-order valence-electron chi connectivity index (χ3n) is 4.54. The maximum atomic E-state index is 12.4. The normalized spacial score (nSPS) is 19.3. The van der Waals surface area contributed by atoms with Gasteiger partial charge in [0.05, 0.1) is 18.1 Å². The van der Waals surface area contributed by atoms with Gasteiger partial charge in [0.1, 0.15) is 5.75 Å². The molecule has 8 heteroatoms. The molecule has 0 N–H and O–H groups in total. The summed E-state index contributed by atoms with van der Waals surface area (Å²) in [6, 6.07) is 7.29. The molecule has 1 aliphatic rings. The van der Waals surface area contributed by atoms with Crippen LogP contribution in [0.25, 0.3) is 0 Å². The lowest BCUT2D eigenvalue weighted by Crippen LogP contribution is -2.44. The first-order chi connectivity index (χ1) is 12.7. The van der Waals surface area contributed by atoms with Crippen molar-refractivity contribution in [1.82, 2.24) is 4.90 Å². The molecule has 1 fully saturated rings. The highest BCUT2D eigenvalue weighted by atomic mass is 32.2. The minimum Gasteiger partial charge on any atom is -0.494 e. The third-order valence-corrected chi connectivity index (χ3v) is 6.29. The Hall–Kier alpha value is -2.09. The highest BCUT2D eigenvalue weighted by Crippen LogP contribution is 2.18. The largest absolute Gasteiger partial charge is 0.494 e. The number of benzene rings is 1. The lowest BCUT2D eigenvalue weighted by atomic mass is 10.2. The predicted octanol–water partition coefficient (Wildman–Crippen LogP) is 1.73. The number of sulfone groups is 1. The molecule has 0 radical (unpaired) electrons. The van der Waals surface area contributed by atoms with E-state index in [1.54, 1.807) is 7.05 Å². The predicted molar refractivity (Wildman–Crippen MR) is 101 cm³/mol. The van der Waals surface area contributed by atoms with Gasteiger partial charge in [-0.15, -0.1) is 0 Å². The zero-order chi connectivity index (χ0) is 20.0. The molecule has 2 rings (SSSR count). The van der Waals surface area contributed by atoms with Crippen molar-refractivity contribution in [3.63, 3.8) is 0 Å². The number of nitrogens with zero attached hydrogens (tertiary/aromatic N) is 1. The van der Waals surface area contributed by atoms with Crippen molar-refractivity contribution in [2.45, 2.75) is 45.3 Å². The number of hydrogen-bond acceptors (Lipinski definition) is 6. The molecule has 0 aromatic heterocycles. The molecule has 1 amide bonds. The summed E-state index contributed by atoms with van der Waals surface area (Å²) in [7, 11) is -1.53. The average molecular weight is 397 g/mol. The van der Waals surface area contributed by atoms with Gasteiger partial charge in [0, 0.05) is 19.5 Å². The highest BCUT2D eigenvalue weighted by Gasteiger charge is 2.34. The molecular formula is C19H27NO6S. The first-order valence-corrected chi connectivity index (χ1v) is 10.9. The Labute approximate surface area is 160 Å². The first kappa shape index (κ1) is 21.2. The van der Waals surface area contributed by atoms with E-state index in [1.807, 2.05) is 31.2 Å². The lowest BCUT2D eigenvalue weighted by molar-refractivity contribution is -0.159. The van der Waals surface area contributed by atoms with Gasteiger partial charge in [-0.2, -0.15) is 0 Å². The van der Waals surface area contributed by atoms with E-state index in [2.05, 4.69) is 0 Å². The van der Waals surface area contributed by atoms with Crippen LogP contribution in [0.3, 0.4) is 0 Å². The monoisotopic (exact) mass is 397 g/mol. The van der Waals surface area contributed by atoms with Crippen LogP contribution in [-0.2, 0) is 24.2 Å². The van der Waals surface area contributed by atoms with Crippen molar-refractivity contribution in [2.75, 3.05) is 25.2 Å². The first-order valence-electron chi connectivity index (χ1n) is 9.04. The number of rotatable bonds is 8. The molecule has 0 aliphatic carbocycles. The Morgan fingerprint density at radius 3 is 2.70 bits per heavy atom. The van der Waals surface area contributed by atoms with Gasteiger partial charge in [0.25, 0.3) is 5.91 Å². The number of likely N-dealkylation sites (N-methyl/N-ethyl adjacent to an activating group) is 1. The van der Waals surface area contributed by atoms with E-state index in [1.165, 1.54) is 11.8 Å². The fourth-order valence-corrected chi connectivity index (χ4v) is 4.74. The molecule has 1 aromatic carbocycles. The van der Waals surface area contributed by atoms with Gasteiger partial charge in [-0.1, -0.05) is 12.1 Å². The summed E-state index contributed by atoms with van der Waals surface area (Å²) in [5, 5.41) is 0. The van der Waals surface area contributed by atoms with Crippen LogP contribution in [0.4, 0.5) is 0 Å². The van der Waals surface area contributed by atoms with E-state index in [-0.39, 0.29) is 29.9 Å². The van der Waals surface area contributed by atoms with Gasteiger partial charge in [-0.3, -0.25) is 9.59 Å². The maximum absolute atomic E-state index is 12.4. The molecule has 27 heavy (non-hydrogen) atoms. The van der Waals surface area contributed by atoms with Crippen LogP contribution in [0.2, 0.25) is 0 Å². The van der Waals surface area contributed by atoms with Gasteiger partial charge in [0.15, 0.2) is 15.9 Å². The number of esters is 1. The zero-order valence-electron chi connectivity index (χ0n) is 16.0. The second kappa shape index (κ2) is 9.21. The molecule has 2 atom stereocenters. The van der Waals surface area contributed by atoms with Crippen LogP contribution >= 0.6 is 0 Å². The number of ether oxygens (including phenoxy) is 2. The van der Waals surface area contributed by atoms with Crippen molar-refractivity contribution in [1.29, 1.82) is 0 Å². The summed E-state index contributed by atoms with van der Waals surface area (Å²) in [5.41, 5.74) is 1.10. The third kappa shape index (κ3) is 6.53. The van der Waals surface area contributed by atoms with Crippen LogP contribution in [0.1, 0.15) is 31.7 Å². The fraction of sp³-hybridized carbons (Fsp3) is 0.579. The van der Waals surface area contributed by atoms with Crippen LogP contribution < -0.4 is 4.74 Å². The summed E-state index contributed by atoms with van der Waals surface area (Å²) in [5.74, 6) is -0.0611. The van der Waals surface area contributed by atoms with Crippen molar-refractivity contribution in [3.05, 3.63) is 29.8 Å². The molecule has 2 unspecified atom stereocenters.